The van der Waals surface area contributed by atoms with Gasteiger partial charge in [0.05, 0.1) is 5.69 Å². The van der Waals surface area contributed by atoms with Gasteiger partial charge in [-0.1, -0.05) is 19.0 Å². The zero-order valence-electron chi connectivity index (χ0n) is 4.43. The molecule has 0 radical (unpaired) electrons. The minimum atomic E-state index is 0. The highest BCUT2D eigenvalue weighted by Gasteiger charge is 1.85. The molecule has 1 heterocycles. The Bertz CT molecular complexity index is 150. The van der Waals surface area contributed by atoms with E-state index >= 15 is 0 Å². The van der Waals surface area contributed by atoms with Crippen LogP contribution in [0, 0.1) is 6.92 Å². The van der Waals surface area contributed by atoms with Crippen molar-refractivity contribution in [3.05, 3.63) is 23.0 Å². The topological polar surface area (TPSA) is 25.8 Å². The van der Waals surface area contributed by atoms with Gasteiger partial charge in [-0.15, -0.1) is 5.10 Å². The van der Waals surface area contributed by atoms with Crippen LogP contribution in [0.25, 0.3) is 0 Å². The van der Waals surface area contributed by atoms with E-state index in [2.05, 4.69) is 10.2 Å². The molecule has 0 aliphatic rings. The summed E-state index contributed by atoms with van der Waals surface area (Å²) in [6.07, 6.45) is 0. The molecule has 1 rings (SSSR count). The van der Waals surface area contributed by atoms with E-state index in [-0.39, 0.29) is 7.43 Å². The van der Waals surface area contributed by atoms with Crippen LogP contribution in [0.2, 0.25) is 5.15 Å². The molecule has 0 N–H and O–H groups in total. The highest BCUT2D eigenvalue weighted by molar-refractivity contribution is 6.29. The molecule has 0 bridgehead atoms. The lowest BCUT2D eigenvalue weighted by atomic mass is 10.4. The van der Waals surface area contributed by atoms with Crippen molar-refractivity contribution in [2.24, 2.45) is 0 Å². The summed E-state index contributed by atoms with van der Waals surface area (Å²) in [7, 11) is 0. The molecule has 2 nitrogen and oxygen atoms in total. The number of nitrogens with zero attached hydrogens (tertiary/aromatic N) is 2. The fraction of sp³-hybridized carbons (Fsp3) is 0.333. The van der Waals surface area contributed by atoms with Gasteiger partial charge in [-0.05, 0) is 19.1 Å². The second-order valence-electron chi connectivity index (χ2n) is 1.50. The number of hydrogen-bond acceptors (Lipinski definition) is 2. The molecule has 1 aromatic rings. The van der Waals surface area contributed by atoms with E-state index in [1.54, 1.807) is 6.07 Å². The van der Waals surface area contributed by atoms with Gasteiger partial charge in [0.2, 0.25) is 0 Å². The SMILES string of the molecule is C.Cc1ccc(Cl)nn1. The molecule has 0 aliphatic carbocycles. The van der Waals surface area contributed by atoms with Gasteiger partial charge in [-0.2, -0.15) is 5.10 Å². The summed E-state index contributed by atoms with van der Waals surface area (Å²) in [5, 5.41) is 7.73. The van der Waals surface area contributed by atoms with Crippen molar-refractivity contribution < 1.29 is 0 Å². The van der Waals surface area contributed by atoms with Crippen LogP contribution in [0.15, 0.2) is 12.1 Å². The molecule has 0 aromatic carbocycles. The van der Waals surface area contributed by atoms with Crippen molar-refractivity contribution in [1.29, 1.82) is 0 Å². The standard InChI is InChI=1S/C5H5ClN2.CH4/c1-4-2-3-5(6)8-7-4;/h2-3H,1H3;1H4. The highest BCUT2D eigenvalue weighted by Crippen LogP contribution is 1.99. The third kappa shape index (κ3) is 2.42. The van der Waals surface area contributed by atoms with Crippen molar-refractivity contribution in [2.75, 3.05) is 0 Å². The molecule has 0 unspecified atom stereocenters. The molecule has 0 atom stereocenters. The lowest BCUT2D eigenvalue weighted by Crippen LogP contribution is -1.83. The van der Waals surface area contributed by atoms with E-state index in [4.69, 9.17) is 11.6 Å². The smallest absolute Gasteiger partial charge is 0.151 e. The molecule has 0 fully saturated rings. The van der Waals surface area contributed by atoms with Gasteiger partial charge in [-0.25, -0.2) is 0 Å². The van der Waals surface area contributed by atoms with E-state index in [1.807, 2.05) is 13.0 Å². The van der Waals surface area contributed by atoms with Crippen molar-refractivity contribution >= 4 is 11.6 Å². The summed E-state index contributed by atoms with van der Waals surface area (Å²) in [5.74, 6) is 0. The Morgan fingerprint density at radius 2 is 2.00 bits per heavy atom. The average Bonchev–Trinajstić information content (AvgIpc) is 1.77. The summed E-state index contributed by atoms with van der Waals surface area (Å²) in [6, 6.07) is 3.53. The third-order valence-corrected chi connectivity index (χ3v) is 0.967. The van der Waals surface area contributed by atoms with Crippen LogP contribution in [0.4, 0.5) is 0 Å². The maximum Gasteiger partial charge on any atom is 0.151 e. The monoisotopic (exact) mass is 144 g/mol. The number of aryl methyl sites for hydroxylation is 1. The number of aromatic nitrogens is 2. The van der Waals surface area contributed by atoms with Gasteiger partial charge in [0.15, 0.2) is 5.15 Å². The number of hydrogen-bond donors (Lipinski definition) is 0. The second kappa shape index (κ2) is 3.41. The molecule has 0 saturated heterocycles. The van der Waals surface area contributed by atoms with Crippen LogP contribution in [-0.4, -0.2) is 10.2 Å². The fourth-order valence-electron chi connectivity index (χ4n) is 0.383. The number of rotatable bonds is 0. The van der Waals surface area contributed by atoms with E-state index in [1.165, 1.54) is 0 Å². The molecular weight excluding hydrogens is 136 g/mol. The van der Waals surface area contributed by atoms with Crippen molar-refractivity contribution in [3.63, 3.8) is 0 Å². The molecule has 0 amide bonds. The van der Waals surface area contributed by atoms with E-state index in [0.29, 0.717) is 5.15 Å². The summed E-state index contributed by atoms with van der Waals surface area (Å²) in [6.45, 7) is 1.86. The molecule has 0 saturated carbocycles. The predicted molar refractivity (Wildman–Crippen MR) is 38.5 cm³/mol. The number of halogens is 1. The van der Waals surface area contributed by atoms with Gasteiger partial charge in [0, 0.05) is 0 Å². The Hall–Kier alpha value is -0.630. The first-order chi connectivity index (χ1) is 3.79. The van der Waals surface area contributed by atoms with Gasteiger partial charge in [0.25, 0.3) is 0 Å². The van der Waals surface area contributed by atoms with Crippen LogP contribution in [0.5, 0.6) is 0 Å². The van der Waals surface area contributed by atoms with Gasteiger partial charge >= 0.3 is 0 Å². The van der Waals surface area contributed by atoms with Crippen molar-refractivity contribution in [2.45, 2.75) is 14.4 Å². The quantitative estimate of drug-likeness (QED) is 0.557. The maximum atomic E-state index is 5.44. The highest BCUT2D eigenvalue weighted by atomic mass is 35.5. The molecule has 50 valence electrons. The van der Waals surface area contributed by atoms with Crippen molar-refractivity contribution in [3.8, 4) is 0 Å². The molecule has 0 aliphatic heterocycles. The van der Waals surface area contributed by atoms with Gasteiger partial charge in [-0.3, -0.25) is 0 Å². The zero-order chi connectivity index (χ0) is 5.98. The summed E-state index contributed by atoms with van der Waals surface area (Å²) < 4.78 is 0. The summed E-state index contributed by atoms with van der Waals surface area (Å²) >= 11 is 5.44. The average molecular weight is 145 g/mol. The first-order valence-electron chi connectivity index (χ1n) is 2.25. The Balaban J connectivity index is 0.000000640. The van der Waals surface area contributed by atoms with E-state index < -0.39 is 0 Å². The fourth-order valence-corrected chi connectivity index (χ4v) is 0.483. The minimum Gasteiger partial charge on any atom is -0.154 e. The van der Waals surface area contributed by atoms with E-state index in [9.17, 15) is 0 Å². The first kappa shape index (κ1) is 8.37. The second-order valence-corrected chi connectivity index (χ2v) is 1.88. The maximum absolute atomic E-state index is 5.44. The van der Waals surface area contributed by atoms with Crippen LogP contribution >= 0.6 is 11.6 Å². The summed E-state index contributed by atoms with van der Waals surface area (Å²) in [4.78, 5) is 0. The minimum absolute atomic E-state index is 0. The Morgan fingerprint density at radius 1 is 1.33 bits per heavy atom. The van der Waals surface area contributed by atoms with E-state index in [0.717, 1.165) is 5.69 Å². The predicted octanol–water partition coefficient (Wildman–Crippen LogP) is 2.07. The normalized spacial score (nSPS) is 8.22. The lowest BCUT2D eigenvalue weighted by molar-refractivity contribution is 0.981. The van der Waals surface area contributed by atoms with Crippen LogP contribution in [-0.2, 0) is 0 Å². The first-order valence-corrected chi connectivity index (χ1v) is 2.62. The molecule has 3 heteroatoms. The molecule has 1 aromatic heterocycles. The Labute approximate surface area is 59.9 Å². The zero-order valence-corrected chi connectivity index (χ0v) is 5.18. The van der Waals surface area contributed by atoms with Crippen LogP contribution in [0.3, 0.4) is 0 Å². The molecule has 0 spiro atoms. The molecular formula is C6H9ClN2. The van der Waals surface area contributed by atoms with Crippen LogP contribution < -0.4 is 0 Å². The summed E-state index contributed by atoms with van der Waals surface area (Å²) in [5.41, 5.74) is 0.884. The molecule has 9 heavy (non-hydrogen) atoms. The largest absolute Gasteiger partial charge is 0.154 e. The van der Waals surface area contributed by atoms with Crippen molar-refractivity contribution in [1.82, 2.24) is 10.2 Å². The van der Waals surface area contributed by atoms with Crippen LogP contribution in [0.1, 0.15) is 13.1 Å². The lowest BCUT2D eigenvalue weighted by Gasteiger charge is -1.85. The Kier molecular flexibility index (Phi) is 3.17. The Morgan fingerprint density at radius 3 is 2.33 bits per heavy atom. The van der Waals surface area contributed by atoms with Gasteiger partial charge in [0.1, 0.15) is 0 Å². The third-order valence-electron chi connectivity index (χ3n) is 0.765. The van der Waals surface area contributed by atoms with Gasteiger partial charge < -0.3 is 0 Å².